The van der Waals surface area contributed by atoms with Crippen LogP contribution >= 0.6 is 11.6 Å². The maximum Gasteiger partial charge on any atom is 0.281 e. The van der Waals surface area contributed by atoms with Gasteiger partial charge in [0.1, 0.15) is 11.5 Å². The number of halogens is 4. The fraction of sp³-hybridized carbons (Fsp3) is 0.0625. The number of aromatic amines is 1. The molecule has 0 saturated heterocycles. The molecule has 0 atom stereocenters. The first-order chi connectivity index (χ1) is 12.0. The van der Waals surface area contributed by atoms with Gasteiger partial charge in [-0.1, -0.05) is 11.6 Å². The van der Waals surface area contributed by atoms with Gasteiger partial charge < -0.3 is 0 Å². The van der Waals surface area contributed by atoms with Crippen LogP contribution in [-0.2, 0) is 0 Å². The van der Waals surface area contributed by atoms with Gasteiger partial charge in [0.15, 0.2) is 0 Å². The van der Waals surface area contributed by atoms with Crippen molar-refractivity contribution in [3.8, 4) is 17.1 Å². The van der Waals surface area contributed by atoms with Crippen molar-refractivity contribution in [3.63, 3.8) is 0 Å². The molecule has 9 heteroatoms. The molecule has 25 heavy (non-hydrogen) atoms. The molecule has 1 aromatic carbocycles. The molecule has 0 aliphatic carbocycles. The minimum Gasteiger partial charge on any atom is -0.299 e. The number of nitrogens with zero attached hydrogens (tertiary/aromatic N) is 4. The van der Waals surface area contributed by atoms with Crippen molar-refractivity contribution in [2.75, 3.05) is 0 Å². The van der Waals surface area contributed by atoms with Crippen LogP contribution in [-0.4, -0.2) is 24.7 Å². The normalized spacial score (nSPS) is 11.6. The smallest absolute Gasteiger partial charge is 0.281 e. The Morgan fingerprint density at radius 1 is 1.20 bits per heavy atom. The third-order valence-corrected chi connectivity index (χ3v) is 3.99. The van der Waals surface area contributed by atoms with Gasteiger partial charge >= 0.3 is 0 Å². The number of pyridine rings is 1. The lowest BCUT2D eigenvalue weighted by Gasteiger charge is -2.09. The van der Waals surface area contributed by atoms with Crippen LogP contribution < -0.4 is 0 Å². The first kappa shape index (κ1) is 15.6. The Kier molecular flexibility index (Phi) is 3.69. The SMILES string of the molecule is Fc1cc(-c2nc(C(F)F)cn2-c2cc(Cl)c3[nH]ncc3c2)ccn1. The van der Waals surface area contributed by atoms with E-state index in [1.807, 2.05) is 0 Å². The Labute approximate surface area is 144 Å². The molecule has 1 N–H and O–H groups in total. The highest BCUT2D eigenvalue weighted by atomic mass is 35.5. The third kappa shape index (κ3) is 2.74. The van der Waals surface area contributed by atoms with Gasteiger partial charge in [-0.15, -0.1) is 0 Å². The number of alkyl halides is 2. The molecular weight excluding hydrogens is 355 g/mol. The van der Waals surface area contributed by atoms with Gasteiger partial charge in [-0.2, -0.15) is 9.49 Å². The van der Waals surface area contributed by atoms with Crippen molar-refractivity contribution in [3.05, 3.63) is 59.5 Å². The van der Waals surface area contributed by atoms with E-state index in [0.717, 1.165) is 6.07 Å². The number of hydrogen-bond donors (Lipinski definition) is 1. The molecule has 0 fully saturated rings. The fourth-order valence-electron chi connectivity index (χ4n) is 2.58. The Morgan fingerprint density at radius 2 is 2.04 bits per heavy atom. The molecule has 5 nitrogen and oxygen atoms in total. The molecule has 3 heterocycles. The van der Waals surface area contributed by atoms with Crippen molar-refractivity contribution >= 4 is 22.5 Å². The van der Waals surface area contributed by atoms with Crippen molar-refractivity contribution in [1.29, 1.82) is 0 Å². The minimum atomic E-state index is -2.76. The molecule has 0 aliphatic heterocycles. The number of aromatic nitrogens is 5. The van der Waals surface area contributed by atoms with Crippen LogP contribution in [0.5, 0.6) is 0 Å². The van der Waals surface area contributed by atoms with E-state index in [2.05, 4.69) is 20.2 Å². The largest absolute Gasteiger partial charge is 0.299 e. The lowest BCUT2D eigenvalue weighted by atomic mass is 10.2. The van der Waals surface area contributed by atoms with E-state index in [-0.39, 0.29) is 5.82 Å². The summed E-state index contributed by atoms with van der Waals surface area (Å²) in [6.45, 7) is 0. The number of hydrogen-bond acceptors (Lipinski definition) is 3. The summed E-state index contributed by atoms with van der Waals surface area (Å²) in [5.41, 5.74) is 1.04. The molecule has 4 aromatic rings. The zero-order valence-electron chi connectivity index (χ0n) is 12.4. The lowest BCUT2D eigenvalue weighted by molar-refractivity contribution is 0.146. The molecule has 0 spiro atoms. The number of imidazole rings is 1. The molecule has 0 bridgehead atoms. The molecule has 4 rings (SSSR count). The molecule has 0 amide bonds. The standard InChI is InChI=1S/C16H9ClF3N5/c17-11-5-10(3-9-6-22-24-14(9)11)25-7-12(15(19)20)23-16(25)8-1-2-21-13(18)4-8/h1-7,15H,(H,22,24). The van der Waals surface area contributed by atoms with Crippen LogP contribution in [0.2, 0.25) is 5.02 Å². The summed E-state index contributed by atoms with van der Waals surface area (Å²) in [7, 11) is 0. The number of rotatable bonds is 3. The van der Waals surface area contributed by atoms with E-state index in [1.54, 1.807) is 18.3 Å². The highest BCUT2D eigenvalue weighted by Crippen LogP contribution is 2.31. The van der Waals surface area contributed by atoms with Gasteiger partial charge in [0.2, 0.25) is 5.95 Å². The number of benzene rings is 1. The Balaban J connectivity index is 1.96. The summed E-state index contributed by atoms with van der Waals surface area (Å²) in [6, 6.07) is 5.95. The second kappa shape index (κ2) is 5.89. The number of fused-ring (bicyclic) bond motifs is 1. The maximum absolute atomic E-state index is 13.5. The zero-order chi connectivity index (χ0) is 17.6. The molecule has 0 unspecified atom stereocenters. The Hall–Kier alpha value is -2.87. The van der Waals surface area contributed by atoms with E-state index in [1.165, 1.54) is 23.0 Å². The van der Waals surface area contributed by atoms with Gasteiger partial charge in [0.05, 0.1) is 16.7 Å². The van der Waals surface area contributed by atoms with Crippen LogP contribution in [0.1, 0.15) is 12.1 Å². The van der Waals surface area contributed by atoms with Gasteiger partial charge in [-0.05, 0) is 18.2 Å². The number of H-pyrrole nitrogens is 1. The molecule has 3 aromatic heterocycles. The van der Waals surface area contributed by atoms with Gasteiger partial charge in [0.25, 0.3) is 6.43 Å². The van der Waals surface area contributed by atoms with Crippen LogP contribution in [0.4, 0.5) is 13.2 Å². The average Bonchev–Trinajstić information content (AvgIpc) is 3.22. The minimum absolute atomic E-state index is 0.163. The molecule has 0 saturated carbocycles. The first-order valence-corrected chi connectivity index (χ1v) is 7.53. The van der Waals surface area contributed by atoms with E-state index in [4.69, 9.17) is 11.6 Å². The number of nitrogens with one attached hydrogen (secondary N) is 1. The van der Waals surface area contributed by atoms with Crippen molar-refractivity contribution in [1.82, 2.24) is 24.7 Å². The third-order valence-electron chi connectivity index (χ3n) is 3.70. The van der Waals surface area contributed by atoms with E-state index < -0.39 is 18.1 Å². The summed E-state index contributed by atoms with van der Waals surface area (Å²) >= 11 is 6.22. The van der Waals surface area contributed by atoms with Crippen molar-refractivity contribution in [2.24, 2.45) is 0 Å². The monoisotopic (exact) mass is 363 g/mol. The summed E-state index contributed by atoms with van der Waals surface area (Å²) in [5, 5.41) is 7.76. The Bertz CT molecular complexity index is 1070. The van der Waals surface area contributed by atoms with Crippen molar-refractivity contribution < 1.29 is 13.2 Å². The average molecular weight is 364 g/mol. The van der Waals surface area contributed by atoms with E-state index in [9.17, 15) is 13.2 Å². The molecule has 126 valence electrons. The second-order valence-electron chi connectivity index (χ2n) is 5.29. The summed E-state index contributed by atoms with van der Waals surface area (Å²) in [5.74, 6) is -0.565. The maximum atomic E-state index is 13.5. The first-order valence-electron chi connectivity index (χ1n) is 7.15. The van der Waals surface area contributed by atoms with Gasteiger partial charge in [-0.3, -0.25) is 9.67 Å². The van der Waals surface area contributed by atoms with E-state index >= 15 is 0 Å². The zero-order valence-corrected chi connectivity index (χ0v) is 13.2. The topological polar surface area (TPSA) is 59.4 Å². The van der Waals surface area contributed by atoms with Crippen LogP contribution in [0.25, 0.3) is 28.0 Å². The highest BCUT2D eigenvalue weighted by Gasteiger charge is 2.19. The van der Waals surface area contributed by atoms with Crippen molar-refractivity contribution in [2.45, 2.75) is 6.43 Å². The molecule has 0 aliphatic rings. The quantitative estimate of drug-likeness (QED) is 0.544. The lowest BCUT2D eigenvalue weighted by Crippen LogP contribution is -1.97. The molecular formula is C16H9ClF3N5. The summed E-state index contributed by atoms with van der Waals surface area (Å²) < 4.78 is 41.2. The van der Waals surface area contributed by atoms with Crippen LogP contribution in [0.15, 0.2) is 42.9 Å². The second-order valence-corrected chi connectivity index (χ2v) is 5.70. The van der Waals surface area contributed by atoms with E-state index in [0.29, 0.717) is 27.2 Å². The predicted molar refractivity (Wildman–Crippen MR) is 86.4 cm³/mol. The fourth-order valence-corrected chi connectivity index (χ4v) is 2.85. The van der Waals surface area contributed by atoms with Crippen LogP contribution in [0, 0.1) is 5.95 Å². The summed E-state index contributed by atoms with van der Waals surface area (Å²) in [6.07, 6.45) is 1.26. The van der Waals surface area contributed by atoms with Crippen LogP contribution in [0.3, 0.4) is 0 Å². The summed E-state index contributed by atoms with van der Waals surface area (Å²) in [4.78, 5) is 7.42. The van der Waals surface area contributed by atoms with Gasteiger partial charge in [-0.25, -0.2) is 18.7 Å². The highest BCUT2D eigenvalue weighted by molar-refractivity contribution is 6.35. The van der Waals surface area contributed by atoms with Gasteiger partial charge in [0, 0.05) is 35.1 Å². The molecule has 0 radical (unpaired) electrons. The predicted octanol–water partition coefficient (Wildman–Crippen LogP) is 4.54. The Morgan fingerprint density at radius 3 is 2.80 bits per heavy atom.